The zero-order chi connectivity index (χ0) is 19.2. The molecule has 27 heavy (non-hydrogen) atoms. The van der Waals surface area contributed by atoms with E-state index in [1.807, 2.05) is 6.92 Å². The van der Waals surface area contributed by atoms with Gasteiger partial charge >= 0.3 is 0 Å². The van der Waals surface area contributed by atoms with Crippen molar-refractivity contribution in [2.75, 3.05) is 13.1 Å². The molecule has 2 heterocycles. The average molecular weight is 389 g/mol. The first-order chi connectivity index (χ1) is 12.8. The molecule has 2 aromatic rings. The van der Waals surface area contributed by atoms with E-state index in [-0.39, 0.29) is 28.0 Å². The number of H-pyrrole nitrogens is 1. The number of aromatic nitrogens is 1. The average Bonchev–Trinajstić information content (AvgIpc) is 3.44. The van der Waals surface area contributed by atoms with Gasteiger partial charge in [0, 0.05) is 36.1 Å². The summed E-state index contributed by atoms with van der Waals surface area (Å²) in [6.45, 7) is 3.06. The Morgan fingerprint density at radius 3 is 2.70 bits per heavy atom. The predicted molar refractivity (Wildman–Crippen MR) is 102 cm³/mol. The molecule has 1 aromatic carbocycles. The fraction of sp³-hybridized carbons (Fsp3) is 0.474. The van der Waals surface area contributed by atoms with Crippen molar-refractivity contribution < 1.29 is 13.2 Å². The van der Waals surface area contributed by atoms with Crippen molar-refractivity contribution in [2.24, 2.45) is 5.92 Å². The second kappa shape index (κ2) is 6.76. The van der Waals surface area contributed by atoms with Crippen LogP contribution in [0.4, 0.5) is 0 Å². The summed E-state index contributed by atoms with van der Waals surface area (Å²) < 4.78 is 27.6. The first-order valence-electron chi connectivity index (χ1n) is 9.33. The van der Waals surface area contributed by atoms with Crippen LogP contribution in [0.1, 0.15) is 43.0 Å². The molecule has 2 aliphatic rings. The molecular formula is C19H23N3O4S. The van der Waals surface area contributed by atoms with Crippen molar-refractivity contribution in [3.8, 4) is 0 Å². The lowest BCUT2D eigenvalue weighted by molar-refractivity contribution is 0.0952. The molecule has 0 bridgehead atoms. The minimum absolute atomic E-state index is 0.147. The fourth-order valence-electron chi connectivity index (χ4n) is 3.59. The summed E-state index contributed by atoms with van der Waals surface area (Å²) in [5.74, 6) is -0.0139. The summed E-state index contributed by atoms with van der Waals surface area (Å²) in [6.07, 6.45) is 3.73. The molecule has 1 aliphatic carbocycles. The van der Waals surface area contributed by atoms with E-state index >= 15 is 0 Å². The number of hydrogen-bond acceptors (Lipinski definition) is 4. The Morgan fingerprint density at radius 2 is 2.00 bits per heavy atom. The van der Waals surface area contributed by atoms with Crippen LogP contribution in [0.5, 0.6) is 0 Å². The maximum absolute atomic E-state index is 13.1. The number of pyridine rings is 1. The van der Waals surface area contributed by atoms with Crippen molar-refractivity contribution >= 4 is 26.8 Å². The molecule has 2 N–H and O–H groups in total. The number of carbonyl (C=O) groups is 1. The van der Waals surface area contributed by atoms with Gasteiger partial charge in [0.15, 0.2) is 0 Å². The van der Waals surface area contributed by atoms with Gasteiger partial charge in [0.05, 0.1) is 10.5 Å². The van der Waals surface area contributed by atoms with E-state index in [4.69, 9.17) is 0 Å². The highest BCUT2D eigenvalue weighted by Crippen LogP contribution is 2.27. The van der Waals surface area contributed by atoms with Crippen LogP contribution in [-0.2, 0) is 10.0 Å². The van der Waals surface area contributed by atoms with E-state index in [9.17, 15) is 18.0 Å². The number of hydrogen-bond donors (Lipinski definition) is 2. The number of piperidine rings is 1. The van der Waals surface area contributed by atoms with Crippen LogP contribution < -0.4 is 10.9 Å². The lowest BCUT2D eigenvalue weighted by atomic mass is 10.0. The van der Waals surface area contributed by atoms with Crippen LogP contribution in [0.15, 0.2) is 34.0 Å². The number of amides is 1. The first-order valence-corrected chi connectivity index (χ1v) is 10.8. The zero-order valence-corrected chi connectivity index (χ0v) is 16.0. The molecule has 1 aliphatic heterocycles. The molecule has 1 saturated carbocycles. The molecule has 0 radical (unpaired) electrons. The lowest BCUT2D eigenvalue weighted by Gasteiger charge is -2.30. The molecule has 1 amide bonds. The number of carbonyl (C=O) groups excluding carboxylic acids is 1. The van der Waals surface area contributed by atoms with Crippen LogP contribution in [0, 0.1) is 5.92 Å². The molecule has 1 unspecified atom stereocenters. The minimum atomic E-state index is -3.64. The summed E-state index contributed by atoms with van der Waals surface area (Å²) in [4.78, 5) is 27.3. The molecular weight excluding hydrogens is 366 g/mol. The monoisotopic (exact) mass is 389 g/mol. The van der Waals surface area contributed by atoms with Gasteiger partial charge in [0.25, 0.3) is 5.91 Å². The maximum atomic E-state index is 13.1. The van der Waals surface area contributed by atoms with Crippen molar-refractivity contribution in [3.63, 3.8) is 0 Å². The molecule has 1 aromatic heterocycles. The number of sulfonamides is 1. The van der Waals surface area contributed by atoms with E-state index in [2.05, 4.69) is 10.3 Å². The summed E-state index contributed by atoms with van der Waals surface area (Å²) in [6, 6.07) is 5.94. The molecule has 144 valence electrons. The van der Waals surface area contributed by atoms with Gasteiger partial charge in [-0.25, -0.2) is 8.42 Å². The molecule has 7 nitrogen and oxygen atoms in total. The van der Waals surface area contributed by atoms with Crippen LogP contribution in [-0.4, -0.2) is 42.7 Å². The Bertz CT molecular complexity index is 1060. The molecule has 8 heteroatoms. The molecule has 2 fully saturated rings. The van der Waals surface area contributed by atoms with Gasteiger partial charge in [0.1, 0.15) is 0 Å². The van der Waals surface area contributed by atoms with Crippen molar-refractivity contribution in [2.45, 2.75) is 43.5 Å². The smallest absolute Gasteiger partial charge is 0.252 e. The second-order valence-electron chi connectivity index (χ2n) is 7.61. The van der Waals surface area contributed by atoms with Gasteiger partial charge in [-0.3, -0.25) is 9.59 Å². The van der Waals surface area contributed by atoms with E-state index in [1.165, 1.54) is 22.5 Å². The number of nitrogens with zero attached hydrogens (tertiary/aromatic N) is 1. The van der Waals surface area contributed by atoms with Gasteiger partial charge in [-0.2, -0.15) is 4.31 Å². The minimum Gasteiger partial charge on any atom is -0.349 e. The van der Waals surface area contributed by atoms with Gasteiger partial charge in [-0.1, -0.05) is 6.92 Å². The summed E-state index contributed by atoms with van der Waals surface area (Å²) >= 11 is 0. The van der Waals surface area contributed by atoms with Gasteiger partial charge < -0.3 is 10.3 Å². The molecule has 0 spiro atoms. The van der Waals surface area contributed by atoms with Crippen LogP contribution in [0.25, 0.3) is 10.9 Å². The maximum Gasteiger partial charge on any atom is 0.252 e. The highest BCUT2D eigenvalue weighted by Gasteiger charge is 2.30. The van der Waals surface area contributed by atoms with Crippen molar-refractivity contribution in [1.29, 1.82) is 0 Å². The number of rotatable bonds is 4. The number of nitrogens with one attached hydrogen (secondary N) is 2. The predicted octanol–water partition coefficient (Wildman–Crippen LogP) is 1.84. The largest absolute Gasteiger partial charge is 0.349 e. The van der Waals surface area contributed by atoms with E-state index in [0.717, 1.165) is 25.7 Å². The third kappa shape index (κ3) is 3.64. The summed E-state index contributed by atoms with van der Waals surface area (Å²) in [5.41, 5.74) is 0.281. The molecule has 4 rings (SSSR count). The highest BCUT2D eigenvalue weighted by atomic mass is 32.2. The number of aromatic amines is 1. The van der Waals surface area contributed by atoms with Gasteiger partial charge in [-0.15, -0.1) is 0 Å². The Kier molecular flexibility index (Phi) is 4.55. The van der Waals surface area contributed by atoms with Crippen molar-refractivity contribution in [3.05, 3.63) is 40.2 Å². The lowest BCUT2D eigenvalue weighted by Crippen LogP contribution is -2.39. The Balaban J connectivity index is 1.77. The van der Waals surface area contributed by atoms with Crippen LogP contribution >= 0.6 is 0 Å². The Labute approximate surface area is 157 Å². The van der Waals surface area contributed by atoms with Crippen LogP contribution in [0.2, 0.25) is 0 Å². The standard InChI is InChI=1S/C19H23N3O4S/c1-12-3-2-8-22(11-12)27(25,26)14-6-7-17-15(9-14)16(10-18(23)21-17)19(24)20-13-4-5-13/h6-7,9-10,12-13H,2-5,8,11H2,1H3,(H,20,24)(H,21,23). The van der Waals surface area contributed by atoms with Gasteiger partial charge in [-0.05, 0) is 49.8 Å². The Morgan fingerprint density at radius 1 is 1.22 bits per heavy atom. The normalized spacial score (nSPS) is 21.3. The highest BCUT2D eigenvalue weighted by molar-refractivity contribution is 7.89. The fourth-order valence-corrected chi connectivity index (χ4v) is 5.21. The third-order valence-corrected chi connectivity index (χ3v) is 7.09. The quantitative estimate of drug-likeness (QED) is 0.833. The third-order valence-electron chi connectivity index (χ3n) is 5.23. The zero-order valence-electron chi connectivity index (χ0n) is 15.2. The van der Waals surface area contributed by atoms with Gasteiger partial charge in [0.2, 0.25) is 15.6 Å². The second-order valence-corrected chi connectivity index (χ2v) is 9.55. The summed E-state index contributed by atoms with van der Waals surface area (Å²) in [5, 5.41) is 3.31. The van der Waals surface area contributed by atoms with Crippen molar-refractivity contribution in [1.82, 2.24) is 14.6 Å². The van der Waals surface area contributed by atoms with Crippen LogP contribution in [0.3, 0.4) is 0 Å². The van der Waals surface area contributed by atoms with E-state index in [0.29, 0.717) is 29.9 Å². The molecule has 1 saturated heterocycles. The van der Waals surface area contributed by atoms with E-state index < -0.39 is 10.0 Å². The molecule has 1 atom stereocenters. The number of benzene rings is 1. The van der Waals surface area contributed by atoms with E-state index in [1.54, 1.807) is 6.07 Å². The number of fused-ring (bicyclic) bond motifs is 1. The Hall–Kier alpha value is -2.19. The first kappa shape index (κ1) is 18.2. The topological polar surface area (TPSA) is 99.3 Å². The SMILES string of the molecule is CC1CCCN(S(=O)(=O)c2ccc3[nH]c(=O)cc(C(=O)NC4CC4)c3c2)C1. The summed E-state index contributed by atoms with van der Waals surface area (Å²) in [7, 11) is -3.64.